The molecule has 116 valence electrons. The molecule has 1 aromatic carbocycles. The standard InChI is InChI=1S/C14H19ClN2O2S2/c1-2-5-14(6-7-14)9-17-21(18,19)12-8-10(13(16)20)3-4-11(12)15/h3-4,8,17H,2,5-7,9H2,1H3,(H2,16,20). The zero-order chi connectivity index (χ0) is 15.7. The Kier molecular flexibility index (Phi) is 4.92. The van der Waals surface area contributed by atoms with Crippen LogP contribution in [0, 0.1) is 5.41 Å². The number of benzene rings is 1. The largest absolute Gasteiger partial charge is 0.389 e. The number of hydrogen-bond acceptors (Lipinski definition) is 3. The van der Waals surface area contributed by atoms with Gasteiger partial charge in [0, 0.05) is 12.1 Å². The van der Waals surface area contributed by atoms with E-state index in [0.29, 0.717) is 12.1 Å². The van der Waals surface area contributed by atoms with Crippen LogP contribution in [0.4, 0.5) is 0 Å². The summed E-state index contributed by atoms with van der Waals surface area (Å²) in [5.74, 6) is 0. The first-order chi connectivity index (χ1) is 9.80. The normalized spacial score (nSPS) is 16.7. The fourth-order valence-corrected chi connectivity index (χ4v) is 4.22. The van der Waals surface area contributed by atoms with Gasteiger partial charge in [0.2, 0.25) is 10.0 Å². The monoisotopic (exact) mass is 346 g/mol. The summed E-state index contributed by atoms with van der Waals surface area (Å²) in [4.78, 5) is 0.175. The molecule has 0 radical (unpaired) electrons. The number of rotatable bonds is 7. The fourth-order valence-electron chi connectivity index (χ4n) is 2.41. The minimum absolute atomic E-state index is 0.0294. The smallest absolute Gasteiger partial charge is 0.242 e. The molecule has 1 aromatic rings. The molecule has 0 aromatic heterocycles. The highest BCUT2D eigenvalue weighted by Gasteiger charge is 2.42. The maximum Gasteiger partial charge on any atom is 0.242 e. The number of hydrogen-bond donors (Lipinski definition) is 2. The molecule has 0 aliphatic heterocycles. The molecular weight excluding hydrogens is 328 g/mol. The van der Waals surface area contributed by atoms with Crippen molar-refractivity contribution >= 4 is 38.8 Å². The third kappa shape index (κ3) is 3.94. The molecule has 0 heterocycles. The van der Waals surface area contributed by atoms with Gasteiger partial charge in [-0.2, -0.15) is 0 Å². The van der Waals surface area contributed by atoms with Crippen molar-refractivity contribution < 1.29 is 8.42 Å². The summed E-state index contributed by atoms with van der Waals surface area (Å²) in [6.45, 7) is 2.56. The van der Waals surface area contributed by atoms with Gasteiger partial charge in [-0.3, -0.25) is 0 Å². The molecule has 0 atom stereocenters. The van der Waals surface area contributed by atoms with E-state index in [2.05, 4.69) is 11.6 Å². The molecule has 1 fully saturated rings. The van der Waals surface area contributed by atoms with Crippen molar-refractivity contribution in [3.8, 4) is 0 Å². The average molecular weight is 347 g/mol. The van der Waals surface area contributed by atoms with E-state index in [1.165, 1.54) is 12.1 Å². The summed E-state index contributed by atoms with van der Waals surface area (Å²) in [6, 6.07) is 4.54. The summed E-state index contributed by atoms with van der Waals surface area (Å²) in [5, 5.41) is 0.169. The number of nitrogens with one attached hydrogen (secondary N) is 1. The Morgan fingerprint density at radius 1 is 1.48 bits per heavy atom. The van der Waals surface area contributed by atoms with Crippen LogP contribution in [-0.2, 0) is 10.0 Å². The lowest BCUT2D eigenvalue weighted by molar-refractivity contribution is 0.449. The van der Waals surface area contributed by atoms with Gasteiger partial charge in [0.05, 0.1) is 5.02 Å². The number of nitrogens with two attached hydrogens (primary N) is 1. The van der Waals surface area contributed by atoms with Gasteiger partial charge in [0.15, 0.2) is 0 Å². The fraction of sp³-hybridized carbons (Fsp3) is 0.500. The minimum Gasteiger partial charge on any atom is -0.389 e. The molecule has 1 saturated carbocycles. The third-order valence-electron chi connectivity index (χ3n) is 3.88. The van der Waals surface area contributed by atoms with Crippen LogP contribution in [0.25, 0.3) is 0 Å². The van der Waals surface area contributed by atoms with Crippen molar-refractivity contribution in [1.82, 2.24) is 4.72 Å². The Bertz CT molecular complexity index is 655. The van der Waals surface area contributed by atoms with Crippen molar-refractivity contribution in [1.29, 1.82) is 0 Å². The summed E-state index contributed by atoms with van der Waals surface area (Å²) in [6.07, 6.45) is 4.24. The second-order valence-electron chi connectivity index (χ2n) is 5.58. The molecule has 0 amide bonds. The van der Waals surface area contributed by atoms with E-state index >= 15 is 0 Å². The predicted molar refractivity (Wildman–Crippen MR) is 89.1 cm³/mol. The van der Waals surface area contributed by atoms with Crippen molar-refractivity contribution in [2.24, 2.45) is 11.1 Å². The van der Waals surface area contributed by atoms with E-state index < -0.39 is 10.0 Å². The van der Waals surface area contributed by atoms with E-state index in [0.717, 1.165) is 25.7 Å². The molecule has 1 aliphatic carbocycles. The second kappa shape index (κ2) is 6.20. The maximum absolute atomic E-state index is 12.4. The first-order valence-electron chi connectivity index (χ1n) is 6.89. The highest BCUT2D eigenvalue weighted by atomic mass is 35.5. The van der Waals surface area contributed by atoms with E-state index in [9.17, 15) is 8.42 Å². The molecule has 0 saturated heterocycles. The van der Waals surface area contributed by atoms with Gasteiger partial charge in [-0.25, -0.2) is 13.1 Å². The Morgan fingerprint density at radius 2 is 2.14 bits per heavy atom. The van der Waals surface area contributed by atoms with Crippen LogP contribution in [0.1, 0.15) is 38.2 Å². The summed E-state index contributed by atoms with van der Waals surface area (Å²) in [7, 11) is -3.66. The molecule has 2 rings (SSSR count). The predicted octanol–water partition coefficient (Wildman–Crippen LogP) is 2.83. The Morgan fingerprint density at radius 3 is 2.67 bits per heavy atom. The molecule has 1 aliphatic rings. The van der Waals surface area contributed by atoms with Gasteiger partial charge in [-0.1, -0.05) is 43.2 Å². The van der Waals surface area contributed by atoms with Crippen LogP contribution in [0.2, 0.25) is 5.02 Å². The Labute approximate surface area is 136 Å². The molecule has 0 unspecified atom stereocenters. The van der Waals surface area contributed by atoms with Gasteiger partial charge < -0.3 is 5.73 Å². The average Bonchev–Trinajstić information content (AvgIpc) is 3.17. The number of sulfonamides is 1. The molecule has 3 N–H and O–H groups in total. The molecule has 4 nitrogen and oxygen atoms in total. The van der Waals surface area contributed by atoms with Crippen molar-refractivity contribution in [2.75, 3.05) is 6.54 Å². The Balaban J connectivity index is 2.19. The molecule has 0 spiro atoms. The summed E-state index contributed by atoms with van der Waals surface area (Å²) in [5.41, 5.74) is 6.17. The lowest BCUT2D eigenvalue weighted by Crippen LogP contribution is -2.30. The van der Waals surface area contributed by atoms with Gasteiger partial charge >= 0.3 is 0 Å². The maximum atomic E-state index is 12.4. The van der Waals surface area contributed by atoms with E-state index in [4.69, 9.17) is 29.6 Å². The highest BCUT2D eigenvalue weighted by molar-refractivity contribution is 7.89. The zero-order valence-corrected chi connectivity index (χ0v) is 14.2. The highest BCUT2D eigenvalue weighted by Crippen LogP contribution is 2.49. The van der Waals surface area contributed by atoms with Crippen LogP contribution in [0.5, 0.6) is 0 Å². The number of thiocarbonyl (C=S) groups is 1. The van der Waals surface area contributed by atoms with Crippen LogP contribution in [-0.4, -0.2) is 20.0 Å². The van der Waals surface area contributed by atoms with E-state index in [1.54, 1.807) is 6.07 Å². The van der Waals surface area contributed by atoms with Crippen molar-refractivity contribution in [3.05, 3.63) is 28.8 Å². The van der Waals surface area contributed by atoms with E-state index in [-0.39, 0.29) is 20.3 Å². The lowest BCUT2D eigenvalue weighted by atomic mass is 10.0. The topological polar surface area (TPSA) is 72.2 Å². The van der Waals surface area contributed by atoms with Gasteiger partial charge in [0.25, 0.3) is 0 Å². The van der Waals surface area contributed by atoms with Gasteiger partial charge in [0.1, 0.15) is 9.88 Å². The number of halogens is 1. The van der Waals surface area contributed by atoms with Crippen LogP contribution >= 0.6 is 23.8 Å². The Hall–Kier alpha value is -0.690. The lowest BCUT2D eigenvalue weighted by Gasteiger charge is -2.16. The van der Waals surface area contributed by atoms with Gasteiger partial charge in [-0.05, 0) is 36.8 Å². The quantitative estimate of drug-likeness (QED) is 0.745. The minimum atomic E-state index is -3.66. The van der Waals surface area contributed by atoms with Crippen LogP contribution < -0.4 is 10.5 Å². The first-order valence-corrected chi connectivity index (χ1v) is 9.16. The molecule has 21 heavy (non-hydrogen) atoms. The molecular formula is C14H19ClN2O2S2. The SMILES string of the molecule is CCCC1(CNS(=O)(=O)c2cc(C(N)=S)ccc2Cl)CC1. The van der Waals surface area contributed by atoms with Crippen LogP contribution in [0.3, 0.4) is 0 Å². The van der Waals surface area contributed by atoms with Crippen LogP contribution in [0.15, 0.2) is 23.1 Å². The first kappa shape index (κ1) is 16.7. The third-order valence-corrected chi connectivity index (χ3v) is 6.00. The molecule has 0 bridgehead atoms. The van der Waals surface area contributed by atoms with E-state index in [1.807, 2.05) is 0 Å². The summed E-state index contributed by atoms with van der Waals surface area (Å²) < 4.78 is 27.5. The van der Waals surface area contributed by atoms with Crippen molar-refractivity contribution in [3.63, 3.8) is 0 Å². The zero-order valence-electron chi connectivity index (χ0n) is 11.9. The van der Waals surface area contributed by atoms with Crippen molar-refractivity contribution in [2.45, 2.75) is 37.5 Å². The second-order valence-corrected chi connectivity index (χ2v) is 8.17. The van der Waals surface area contributed by atoms with Gasteiger partial charge in [-0.15, -0.1) is 0 Å². The molecule has 7 heteroatoms. The summed E-state index contributed by atoms with van der Waals surface area (Å²) >= 11 is 10.9.